The van der Waals surface area contributed by atoms with E-state index in [1.165, 1.54) is 6.20 Å². The lowest BCUT2D eigenvalue weighted by atomic mass is 10.1. The highest BCUT2D eigenvalue weighted by atomic mass is 16.4. The summed E-state index contributed by atoms with van der Waals surface area (Å²) < 4.78 is 0. The van der Waals surface area contributed by atoms with Crippen LogP contribution in [0.15, 0.2) is 42.3 Å². The largest absolute Gasteiger partial charge is 0.502 e. The van der Waals surface area contributed by atoms with Crippen molar-refractivity contribution in [2.45, 2.75) is 0 Å². The van der Waals surface area contributed by atoms with E-state index in [1.54, 1.807) is 18.2 Å². The van der Waals surface area contributed by atoms with Gasteiger partial charge in [-0.2, -0.15) is 0 Å². The molecule has 1 aromatic heterocycles. The Morgan fingerprint density at radius 3 is 2.59 bits per heavy atom. The minimum Gasteiger partial charge on any atom is -0.502 e. The molecule has 0 unspecified atom stereocenters. The van der Waals surface area contributed by atoms with Crippen LogP contribution < -0.4 is 0 Å². The molecule has 0 radical (unpaired) electrons. The number of aliphatic carboxylic acids is 1. The number of aliphatic hydroxyl groups excluding tert-OH is 1. The average Bonchev–Trinajstić information content (AvgIpc) is 2.72. The molecule has 0 spiro atoms. The topological polar surface area (TPSA) is 90.4 Å². The molecule has 0 saturated carbocycles. The Bertz CT molecular complexity index is 624. The van der Waals surface area contributed by atoms with E-state index < -0.39 is 17.5 Å². The molecule has 0 atom stereocenters. The number of hydrogen-bond acceptors (Lipinski definition) is 3. The Kier molecular flexibility index (Phi) is 2.66. The Hall–Kier alpha value is -2.56. The summed E-state index contributed by atoms with van der Waals surface area (Å²) >= 11 is 0. The van der Waals surface area contributed by atoms with Crippen LogP contribution in [0.5, 0.6) is 0 Å². The Balaban J connectivity index is 2.44. The first-order valence-corrected chi connectivity index (χ1v) is 4.84. The van der Waals surface area contributed by atoms with Crippen LogP contribution in [0.1, 0.15) is 10.4 Å². The molecule has 0 aliphatic heterocycles. The van der Waals surface area contributed by atoms with Crippen LogP contribution in [0.3, 0.4) is 0 Å². The zero-order chi connectivity index (χ0) is 12.4. The van der Waals surface area contributed by atoms with E-state index >= 15 is 0 Å². The molecule has 1 heterocycles. The van der Waals surface area contributed by atoms with Gasteiger partial charge in [-0.15, -0.1) is 0 Å². The fraction of sp³-hybridized carbons (Fsp3) is 0. The van der Waals surface area contributed by atoms with E-state index in [0.29, 0.717) is 17.0 Å². The third-order valence-corrected chi connectivity index (χ3v) is 2.34. The molecule has 3 N–H and O–H groups in total. The summed E-state index contributed by atoms with van der Waals surface area (Å²) in [7, 11) is 0. The third-order valence-electron chi connectivity index (χ3n) is 2.34. The van der Waals surface area contributed by atoms with E-state index in [2.05, 4.69) is 4.98 Å². The number of rotatable bonds is 3. The van der Waals surface area contributed by atoms with Crippen molar-refractivity contribution < 1.29 is 19.8 Å². The molecule has 17 heavy (non-hydrogen) atoms. The van der Waals surface area contributed by atoms with Gasteiger partial charge < -0.3 is 15.2 Å². The molecule has 2 aromatic rings. The number of para-hydroxylation sites is 1. The molecule has 0 fully saturated rings. The molecule has 0 aliphatic rings. The molecular formula is C12H9NO4. The molecule has 0 bridgehead atoms. The van der Waals surface area contributed by atoms with Gasteiger partial charge in [0, 0.05) is 28.7 Å². The molecule has 2 rings (SSSR count). The molecular weight excluding hydrogens is 222 g/mol. The van der Waals surface area contributed by atoms with Crippen molar-refractivity contribution in [2.75, 3.05) is 0 Å². The number of carboxylic acids is 1. The number of H-pyrrole nitrogens is 1. The smallest absolute Gasteiger partial charge is 0.371 e. The highest BCUT2D eigenvalue weighted by molar-refractivity contribution is 6.14. The lowest BCUT2D eigenvalue weighted by Crippen LogP contribution is -2.03. The predicted octanol–water partition coefficient (Wildman–Crippen LogP) is 1.88. The van der Waals surface area contributed by atoms with E-state index in [-0.39, 0.29) is 0 Å². The number of nitrogens with one attached hydrogen (secondary N) is 1. The number of benzene rings is 1. The van der Waals surface area contributed by atoms with E-state index in [1.807, 2.05) is 6.07 Å². The highest BCUT2D eigenvalue weighted by Gasteiger charge is 2.12. The summed E-state index contributed by atoms with van der Waals surface area (Å²) in [4.78, 5) is 25.0. The summed E-state index contributed by atoms with van der Waals surface area (Å²) in [5, 5.41) is 18.1. The summed E-state index contributed by atoms with van der Waals surface area (Å²) in [6.07, 6.45) is 2.18. The maximum absolute atomic E-state index is 11.7. The van der Waals surface area contributed by atoms with Crippen LogP contribution in [0.4, 0.5) is 0 Å². The Morgan fingerprint density at radius 2 is 1.88 bits per heavy atom. The van der Waals surface area contributed by atoms with Crippen LogP contribution in [-0.4, -0.2) is 26.9 Å². The number of aromatic nitrogens is 1. The predicted molar refractivity (Wildman–Crippen MR) is 61.0 cm³/mol. The van der Waals surface area contributed by atoms with Crippen molar-refractivity contribution in [3.05, 3.63) is 47.9 Å². The molecule has 0 aliphatic carbocycles. The van der Waals surface area contributed by atoms with Crippen molar-refractivity contribution in [3.8, 4) is 0 Å². The summed E-state index contributed by atoms with van der Waals surface area (Å²) in [5.74, 6) is -3.05. The van der Waals surface area contributed by atoms with Crippen LogP contribution >= 0.6 is 0 Å². The zero-order valence-corrected chi connectivity index (χ0v) is 8.68. The molecule has 0 saturated heterocycles. The quantitative estimate of drug-likeness (QED) is 0.427. The molecule has 1 aromatic carbocycles. The van der Waals surface area contributed by atoms with Gasteiger partial charge in [-0.25, -0.2) is 4.79 Å². The molecule has 5 heteroatoms. The standard InChI is InChI=1S/C12H9NO4/c14-10(5-11(15)12(16)17)8-6-13-9-4-2-1-3-7(8)9/h1-6,13,15H,(H,16,17)/b11-5-. The second-order valence-electron chi connectivity index (χ2n) is 3.45. The van der Waals surface area contributed by atoms with Crippen LogP contribution in [-0.2, 0) is 4.79 Å². The fourth-order valence-corrected chi connectivity index (χ4v) is 1.54. The van der Waals surface area contributed by atoms with Gasteiger partial charge in [0.15, 0.2) is 5.78 Å². The number of ketones is 1. The van der Waals surface area contributed by atoms with Gasteiger partial charge in [-0.05, 0) is 6.07 Å². The van der Waals surface area contributed by atoms with Crippen LogP contribution in [0.2, 0.25) is 0 Å². The molecule has 0 amide bonds. The van der Waals surface area contributed by atoms with Crippen LogP contribution in [0.25, 0.3) is 10.9 Å². The van der Waals surface area contributed by atoms with Crippen molar-refractivity contribution in [1.82, 2.24) is 4.98 Å². The zero-order valence-electron chi connectivity index (χ0n) is 8.68. The summed E-state index contributed by atoms with van der Waals surface area (Å²) in [6.45, 7) is 0. The van der Waals surface area contributed by atoms with E-state index in [0.717, 1.165) is 5.52 Å². The number of carbonyl (C=O) groups is 2. The third kappa shape index (κ3) is 2.03. The second-order valence-corrected chi connectivity index (χ2v) is 3.45. The van der Waals surface area contributed by atoms with Crippen LogP contribution in [0, 0.1) is 0 Å². The van der Waals surface area contributed by atoms with Gasteiger partial charge in [0.25, 0.3) is 0 Å². The first-order chi connectivity index (χ1) is 8.09. The van der Waals surface area contributed by atoms with Gasteiger partial charge in [-0.3, -0.25) is 4.79 Å². The summed E-state index contributed by atoms with van der Waals surface area (Å²) in [5.41, 5.74) is 1.10. The minimum atomic E-state index is -1.53. The van der Waals surface area contributed by atoms with Crippen molar-refractivity contribution in [3.63, 3.8) is 0 Å². The van der Waals surface area contributed by atoms with E-state index in [4.69, 9.17) is 10.2 Å². The molecule has 5 nitrogen and oxygen atoms in total. The average molecular weight is 231 g/mol. The number of carbonyl (C=O) groups excluding carboxylic acids is 1. The number of allylic oxidation sites excluding steroid dienone is 1. The number of aliphatic hydroxyl groups is 1. The van der Waals surface area contributed by atoms with Gasteiger partial charge >= 0.3 is 5.97 Å². The molecule has 86 valence electrons. The Morgan fingerprint density at radius 1 is 1.18 bits per heavy atom. The normalized spacial score (nSPS) is 11.6. The van der Waals surface area contributed by atoms with Crippen molar-refractivity contribution in [1.29, 1.82) is 0 Å². The van der Waals surface area contributed by atoms with Crippen molar-refractivity contribution in [2.24, 2.45) is 0 Å². The second kappa shape index (κ2) is 4.13. The minimum absolute atomic E-state index is 0.327. The SMILES string of the molecule is O=C(O)/C(O)=C/C(=O)c1c[nH]c2ccccc12. The maximum atomic E-state index is 11.7. The van der Waals surface area contributed by atoms with E-state index in [9.17, 15) is 9.59 Å². The number of fused-ring (bicyclic) bond motifs is 1. The van der Waals surface area contributed by atoms with Crippen molar-refractivity contribution >= 4 is 22.7 Å². The van der Waals surface area contributed by atoms with Gasteiger partial charge in [0.1, 0.15) is 0 Å². The number of carboxylic acid groups (broad SMARTS) is 1. The summed E-state index contributed by atoms with van der Waals surface area (Å²) in [6, 6.07) is 7.13. The first kappa shape index (κ1) is 10.9. The first-order valence-electron chi connectivity index (χ1n) is 4.84. The fourth-order valence-electron chi connectivity index (χ4n) is 1.54. The number of hydrogen-bond donors (Lipinski definition) is 3. The lowest BCUT2D eigenvalue weighted by Gasteiger charge is -1.94. The monoisotopic (exact) mass is 231 g/mol. The maximum Gasteiger partial charge on any atom is 0.371 e. The van der Waals surface area contributed by atoms with Gasteiger partial charge in [-0.1, -0.05) is 18.2 Å². The number of aromatic amines is 1. The Labute approximate surface area is 96.0 Å². The lowest BCUT2D eigenvalue weighted by molar-refractivity contribution is -0.135. The highest BCUT2D eigenvalue weighted by Crippen LogP contribution is 2.18. The van der Waals surface area contributed by atoms with Gasteiger partial charge in [0.2, 0.25) is 5.76 Å². The van der Waals surface area contributed by atoms with Gasteiger partial charge in [0.05, 0.1) is 0 Å².